The van der Waals surface area contributed by atoms with Crippen molar-refractivity contribution in [1.82, 2.24) is 4.98 Å². The SMILES string of the molecule is CCC(C)C.Cc1c(-c2ccccc2)nc(N=CN)c2ccccc12. The van der Waals surface area contributed by atoms with Gasteiger partial charge in [0.15, 0.2) is 5.82 Å². The number of hydrogen-bond acceptors (Lipinski definition) is 2. The van der Waals surface area contributed by atoms with Crippen LogP contribution in [0.1, 0.15) is 32.8 Å². The van der Waals surface area contributed by atoms with Gasteiger partial charge in [-0.05, 0) is 23.8 Å². The molecule has 0 aliphatic rings. The van der Waals surface area contributed by atoms with E-state index < -0.39 is 0 Å². The van der Waals surface area contributed by atoms with Crippen molar-refractivity contribution in [3.05, 3.63) is 60.2 Å². The molecule has 0 radical (unpaired) electrons. The number of pyridine rings is 1. The van der Waals surface area contributed by atoms with Crippen molar-refractivity contribution in [2.45, 2.75) is 34.1 Å². The number of rotatable bonds is 3. The Morgan fingerprint density at radius 1 is 1.00 bits per heavy atom. The molecule has 3 aromatic rings. The number of benzene rings is 2. The van der Waals surface area contributed by atoms with Crippen LogP contribution >= 0.6 is 0 Å². The van der Waals surface area contributed by atoms with E-state index in [1.807, 2.05) is 36.4 Å². The van der Waals surface area contributed by atoms with Crippen LogP contribution in [-0.2, 0) is 0 Å². The van der Waals surface area contributed by atoms with Gasteiger partial charge >= 0.3 is 0 Å². The fourth-order valence-corrected chi connectivity index (χ4v) is 2.43. The second-order valence-corrected chi connectivity index (χ2v) is 6.40. The summed E-state index contributed by atoms with van der Waals surface area (Å²) in [4.78, 5) is 8.89. The van der Waals surface area contributed by atoms with E-state index in [0.717, 1.165) is 33.5 Å². The smallest absolute Gasteiger partial charge is 0.162 e. The van der Waals surface area contributed by atoms with E-state index >= 15 is 0 Å². The highest BCUT2D eigenvalue weighted by atomic mass is 14.9. The van der Waals surface area contributed by atoms with E-state index in [0.29, 0.717) is 5.82 Å². The maximum atomic E-state index is 5.45. The Balaban J connectivity index is 0.000000399. The van der Waals surface area contributed by atoms with Crippen LogP contribution in [0.2, 0.25) is 0 Å². The van der Waals surface area contributed by atoms with Gasteiger partial charge < -0.3 is 5.73 Å². The van der Waals surface area contributed by atoms with Gasteiger partial charge in [0.1, 0.15) is 0 Å². The molecule has 0 unspecified atom stereocenters. The summed E-state index contributed by atoms with van der Waals surface area (Å²) in [6.45, 7) is 8.73. The molecule has 3 heteroatoms. The summed E-state index contributed by atoms with van der Waals surface area (Å²) in [7, 11) is 0. The third-order valence-corrected chi connectivity index (χ3v) is 4.21. The minimum absolute atomic E-state index is 0.660. The van der Waals surface area contributed by atoms with Gasteiger partial charge in [-0.1, -0.05) is 81.8 Å². The lowest BCUT2D eigenvalue weighted by atomic mass is 10.0. The van der Waals surface area contributed by atoms with Gasteiger partial charge in [-0.25, -0.2) is 9.98 Å². The minimum Gasteiger partial charge on any atom is -0.390 e. The summed E-state index contributed by atoms with van der Waals surface area (Å²) in [6.07, 6.45) is 2.60. The first kappa shape index (κ1) is 18.7. The molecule has 0 saturated carbocycles. The number of aromatic nitrogens is 1. The van der Waals surface area contributed by atoms with Crippen molar-refractivity contribution in [3.8, 4) is 11.3 Å². The summed E-state index contributed by atoms with van der Waals surface area (Å²) < 4.78 is 0. The lowest BCUT2D eigenvalue weighted by Crippen LogP contribution is -1.93. The highest BCUT2D eigenvalue weighted by Gasteiger charge is 2.11. The molecular formula is C22H27N3. The van der Waals surface area contributed by atoms with Crippen LogP contribution in [0.25, 0.3) is 22.0 Å². The van der Waals surface area contributed by atoms with Gasteiger partial charge in [-0.3, -0.25) is 0 Å². The minimum atomic E-state index is 0.660. The van der Waals surface area contributed by atoms with Crippen molar-refractivity contribution in [1.29, 1.82) is 0 Å². The van der Waals surface area contributed by atoms with Crippen LogP contribution < -0.4 is 5.73 Å². The fourth-order valence-electron chi connectivity index (χ4n) is 2.43. The van der Waals surface area contributed by atoms with Crippen LogP contribution in [0.15, 0.2) is 59.6 Å². The molecule has 1 aromatic heterocycles. The lowest BCUT2D eigenvalue weighted by molar-refractivity contribution is 0.626. The van der Waals surface area contributed by atoms with Crippen molar-refractivity contribution in [3.63, 3.8) is 0 Å². The topological polar surface area (TPSA) is 51.3 Å². The standard InChI is InChI=1S/C17H15N3.C5H12/c1-12-14-9-5-6-10-15(14)17(19-11-18)20-16(12)13-7-3-2-4-8-13;1-4-5(2)3/h2-11H,1H3,(H2,18,19,20);5H,4H2,1-3H3. The van der Waals surface area contributed by atoms with Gasteiger partial charge in [0.05, 0.1) is 12.0 Å². The van der Waals surface area contributed by atoms with Crippen LogP contribution in [0, 0.1) is 12.8 Å². The van der Waals surface area contributed by atoms with Gasteiger partial charge in [0.25, 0.3) is 0 Å². The summed E-state index contributed by atoms with van der Waals surface area (Å²) in [5.74, 6) is 1.54. The lowest BCUT2D eigenvalue weighted by Gasteiger charge is -2.11. The van der Waals surface area contributed by atoms with Gasteiger partial charge in [-0.2, -0.15) is 0 Å². The zero-order valence-electron chi connectivity index (χ0n) is 15.5. The Hall–Kier alpha value is -2.68. The predicted octanol–water partition coefficient (Wildman–Crippen LogP) is 5.88. The molecule has 0 spiro atoms. The zero-order chi connectivity index (χ0) is 18.2. The third-order valence-electron chi connectivity index (χ3n) is 4.21. The Labute approximate surface area is 150 Å². The van der Waals surface area contributed by atoms with Crippen LogP contribution in [0.3, 0.4) is 0 Å². The van der Waals surface area contributed by atoms with Crippen molar-refractivity contribution in [2.24, 2.45) is 16.6 Å². The number of nitrogens with zero attached hydrogens (tertiary/aromatic N) is 2. The molecule has 2 N–H and O–H groups in total. The molecule has 0 atom stereocenters. The summed E-state index contributed by atoms with van der Waals surface area (Å²) in [6, 6.07) is 18.3. The Bertz CT molecular complexity index is 837. The first-order valence-electron chi connectivity index (χ1n) is 8.77. The Morgan fingerprint density at radius 2 is 1.56 bits per heavy atom. The molecular weight excluding hydrogens is 306 g/mol. The third kappa shape index (κ3) is 4.66. The fraction of sp³-hybridized carbons (Fsp3) is 0.273. The van der Waals surface area contributed by atoms with Crippen molar-refractivity contribution in [2.75, 3.05) is 0 Å². The van der Waals surface area contributed by atoms with E-state index in [9.17, 15) is 0 Å². The second-order valence-electron chi connectivity index (χ2n) is 6.40. The molecule has 0 aliphatic carbocycles. The predicted molar refractivity (Wildman–Crippen MR) is 109 cm³/mol. The number of aliphatic imine (C=N–C) groups is 1. The average Bonchev–Trinajstić information content (AvgIpc) is 2.65. The molecule has 25 heavy (non-hydrogen) atoms. The largest absolute Gasteiger partial charge is 0.390 e. The normalized spacial score (nSPS) is 10.9. The van der Waals surface area contributed by atoms with Crippen LogP contribution in [0.5, 0.6) is 0 Å². The highest BCUT2D eigenvalue weighted by molar-refractivity contribution is 5.97. The molecule has 0 bridgehead atoms. The number of fused-ring (bicyclic) bond motifs is 1. The van der Waals surface area contributed by atoms with Crippen LogP contribution in [-0.4, -0.2) is 11.3 Å². The highest BCUT2D eigenvalue weighted by Crippen LogP contribution is 2.33. The Morgan fingerprint density at radius 3 is 2.12 bits per heavy atom. The summed E-state index contributed by atoms with van der Waals surface area (Å²) >= 11 is 0. The van der Waals surface area contributed by atoms with E-state index in [1.165, 1.54) is 12.8 Å². The average molecular weight is 333 g/mol. The van der Waals surface area contributed by atoms with E-state index in [-0.39, 0.29) is 0 Å². The van der Waals surface area contributed by atoms with Gasteiger partial charge in [-0.15, -0.1) is 0 Å². The van der Waals surface area contributed by atoms with Crippen LogP contribution in [0.4, 0.5) is 5.82 Å². The number of hydrogen-bond donors (Lipinski definition) is 1. The molecule has 0 aliphatic heterocycles. The summed E-state index contributed by atoms with van der Waals surface area (Å²) in [5.41, 5.74) is 8.64. The molecule has 0 amide bonds. The van der Waals surface area contributed by atoms with E-state index in [2.05, 4.69) is 55.9 Å². The quantitative estimate of drug-likeness (QED) is 0.480. The molecule has 3 nitrogen and oxygen atoms in total. The Kier molecular flexibility index (Phi) is 6.70. The molecule has 3 rings (SSSR count). The zero-order valence-corrected chi connectivity index (χ0v) is 15.5. The molecule has 1 heterocycles. The van der Waals surface area contributed by atoms with Gasteiger partial charge in [0, 0.05) is 10.9 Å². The van der Waals surface area contributed by atoms with E-state index in [4.69, 9.17) is 5.73 Å². The van der Waals surface area contributed by atoms with Crippen molar-refractivity contribution >= 4 is 22.9 Å². The van der Waals surface area contributed by atoms with Gasteiger partial charge in [0.2, 0.25) is 0 Å². The molecule has 2 aromatic carbocycles. The molecule has 0 saturated heterocycles. The maximum Gasteiger partial charge on any atom is 0.162 e. The molecule has 130 valence electrons. The number of aryl methyl sites for hydroxylation is 1. The molecule has 0 fully saturated rings. The van der Waals surface area contributed by atoms with Crippen molar-refractivity contribution < 1.29 is 0 Å². The first-order chi connectivity index (χ1) is 12.1. The summed E-state index contributed by atoms with van der Waals surface area (Å²) in [5, 5.41) is 2.17. The number of nitrogens with two attached hydrogens (primary N) is 1. The monoisotopic (exact) mass is 333 g/mol. The maximum absolute atomic E-state index is 5.45. The second kappa shape index (κ2) is 8.97. The first-order valence-corrected chi connectivity index (χ1v) is 8.77. The van der Waals surface area contributed by atoms with E-state index in [1.54, 1.807) is 0 Å².